The first-order chi connectivity index (χ1) is 9.02. The van der Waals surface area contributed by atoms with Crippen molar-refractivity contribution in [2.24, 2.45) is 5.92 Å². The third-order valence-corrected chi connectivity index (χ3v) is 3.94. The smallest absolute Gasteiger partial charge is 0.253 e. The molecule has 19 heavy (non-hydrogen) atoms. The molecule has 0 bridgehead atoms. The molecule has 1 aromatic rings. The first-order valence-electron chi connectivity index (χ1n) is 6.78. The molecular weight excluding hydrogens is 240 g/mol. The third kappa shape index (κ3) is 2.89. The number of carbonyl (C=O) groups excluding carboxylic acids is 1. The highest BCUT2D eigenvalue weighted by Gasteiger charge is 2.29. The van der Waals surface area contributed by atoms with Crippen LogP contribution in [0.4, 0.5) is 5.69 Å². The maximum absolute atomic E-state index is 12.4. The number of nitrogens with zero attached hydrogens (tertiary/aromatic N) is 1. The topological polar surface area (TPSA) is 52.6 Å². The van der Waals surface area contributed by atoms with Crippen LogP contribution in [0.3, 0.4) is 0 Å². The summed E-state index contributed by atoms with van der Waals surface area (Å²) in [5, 5.41) is 12.7. The molecule has 0 aromatic heterocycles. The van der Waals surface area contributed by atoms with Crippen molar-refractivity contribution in [3.8, 4) is 0 Å². The minimum Gasteiger partial charge on any atom is -0.393 e. The van der Waals surface area contributed by atoms with E-state index in [0.717, 1.165) is 29.8 Å². The van der Waals surface area contributed by atoms with Gasteiger partial charge in [0.05, 0.1) is 6.10 Å². The van der Waals surface area contributed by atoms with Crippen molar-refractivity contribution in [2.75, 3.05) is 25.5 Å². The first-order valence-corrected chi connectivity index (χ1v) is 6.78. The van der Waals surface area contributed by atoms with Gasteiger partial charge in [-0.1, -0.05) is 0 Å². The molecule has 0 saturated carbocycles. The summed E-state index contributed by atoms with van der Waals surface area (Å²) in [4.78, 5) is 14.2. The molecule has 2 atom stereocenters. The molecule has 0 radical (unpaired) electrons. The van der Waals surface area contributed by atoms with E-state index in [1.54, 1.807) is 6.92 Å². The van der Waals surface area contributed by atoms with Gasteiger partial charge >= 0.3 is 0 Å². The fraction of sp³-hybridized carbons (Fsp3) is 0.533. The maximum atomic E-state index is 12.4. The van der Waals surface area contributed by atoms with Crippen molar-refractivity contribution in [1.29, 1.82) is 0 Å². The quantitative estimate of drug-likeness (QED) is 0.874. The van der Waals surface area contributed by atoms with Crippen molar-refractivity contribution in [3.63, 3.8) is 0 Å². The molecule has 1 saturated heterocycles. The predicted octanol–water partition coefficient (Wildman–Crippen LogP) is 1.88. The van der Waals surface area contributed by atoms with E-state index >= 15 is 0 Å². The molecular formula is C15H22N2O2. The number of hydrogen-bond acceptors (Lipinski definition) is 3. The first kappa shape index (κ1) is 13.9. The van der Waals surface area contributed by atoms with Gasteiger partial charge in [-0.15, -0.1) is 0 Å². The second kappa shape index (κ2) is 5.61. The van der Waals surface area contributed by atoms with E-state index in [0.29, 0.717) is 6.54 Å². The van der Waals surface area contributed by atoms with E-state index < -0.39 is 0 Å². The van der Waals surface area contributed by atoms with Crippen molar-refractivity contribution < 1.29 is 9.90 Å². The Morgan fingerprint density at radius 2 is 2.26 bits per heavy atom. The molecule has 1 heterocycles. The van der Waals surface area contributed by atoms with E-state index in [2.05, 4.69) is 5.32 Å². The zero-order valence-electron chi connectivity index (χ0n) is 11.8. The number of nitrogens with one attached hydrogen (secondary N) is 1. The van der Waals surface area contributed by atoms with Crippen LogP contribution in [-0.2, 0) is 0 Å². The van der Waals surface area contributed by atoms with Crippen molar-refractivity contribution >= 4 is 11.6 Å². The number of anilines is 1. The zero-order chi connectivity index (χ0) is 14.0. The van der Waals surface area contributed by atoms with Gasteiger partial charge in [0, 0.05) is 37.3 Å². The van der Waals surface area contributed by atoms with Gasteiger partial charge in [0.1, 0.15) is 0 Å². The van der Waals surface area contributed by atoms with Crippen LogP contribution >= 0.6 is 0 Å². The van der Waals surface area contributed by atoms with Crippen LogP contribution in [-0.4, -0.2) is 42.2 Å². The third-order valence-electron chi connectivity index (χ3n) is 3.94. The highest BCUT2D eigenvalue weighted by atomic mass is 16.3. The number of rotatable bonds is 3. The Balaban J connectivity index is 2.10. The number of aliphatic hydroxyl groups excluding tert-OH is 1. The lowest BCUT2D eigenvalue weighted by Crippen LogP contribution is -2.30. The normalized spacial score (nSPS) is 20.4. The van der Waals surface area contributed by atoms with Crippen molar-refractivity contribution in [1.82, 2.24) is 4.90 Å². The van der Waals surface area contributed by atoms with E-state index in [-0.39, 0.29) is 17.9 Å². The second-order valence-electron chi connectivity index (χ2n) is 5.32. The summed E-state index contributed by atoms with van der Waals surface area (Å²) in [5.41, 5.74) is 2.84. The standard InChI is InChI=1S/C15H22N2O2/c1-10-8-12(4-5-14(10)16-3)15(19)17-7-6-13(9-17)11(2)18/h4-5,8,11,13,16,18H,6-7,9H2,1-3H3. The largest absolute Gasteiger partial charge is 0.393 e. The Hall–Kier alpha value is -1.55. The van der Waals surface area contributed by atoms with Crippen molar-refractivity contribution in [3.05, 3.63) is 29.3 Å². The molecule has 1 fully saturated rings. The summed E-state index contributed by atoms with van der Waals surface area (Å²) in [6.45, 7) is 5.18. The van der Waals surface area contributed by atoms with Gasteiger partial charge in [-0.25, -0.2) is 0 Å². The Morgan fingerprint density at radius 1 is 1.53 bits per heavy atom. The molecule has 1 aliphatic rings. The van der Waals surface area contributed by atoms with Gasteiger partial charge in [0.2, 0.25) is 0 Å². The second-order valence-corrected chi connectivity index (χ2v) is 5.32. The SMILES string of the molecule is CNc1ccc(C(=O)N2CCC(C(C)O)C2)cc1C. The Labute approximate surface area is 114 Å². The Bertz CT molecular complexity index is 471. The molecule has 4 nitrogen and oxygen atoms in total. The molecule has 1 aliphatic heterocycles. The number of benzene rings is 1. The number of carbonyl (C=O) groups is 1. The number of aryl methyl sites for hydroxylation is 1. The van der Waals surface area contributed by atoms with Crippen LogP contribution in [0.2, 0.25) is 0 Å². The fourth-order valence-electron chi connectivity index (χ4n) is 2.63. The minimum absolute atomic E-state index is 0.0638. The summed E-state index contributed by atoms with van der Waals surface area (Å²) >= 11 is 0. The Kier molecular flexibility index (Phi) is 4.10. The van der Waals surface area contributed by atoms with E-state index in [1.807, 2.05) is 37.1 Å². The number of aliphatic hydroxyl groups is 1. The van der Waals surface area contributed by atoms with Gasteiger partial charge in [0.15, 0.2) is 0 Å². The van der Waals surface area contributed by atoms with Crippen LogP contribution in [0.1, 0.15) is 29.3 Å². The summed E-state index contributed by atoms with van der Waals surface area (Å²) in [5.74, 6) is 0.274. The molecule has 2 N–H and O–H groups in total. The summed E-state index contributed by atoms with van der Waals surface area (Å²) in [6.07, 6.45) is 0.544. The maximum Gasteiger partial charge on any atom is 0.253 e. The molecule has 104 valence electrons. The number of likely N-dealkylation sites (tertiary alicyclic amines) is 1. The van der Waals surface area contributed by atoms with Gasteiger partial charge in [-0.2, -0.15) is 0 Å². The lowest BCUT2D eigenvalue weighted by atomic mass is 10.0. The van der Waals surface area contributed by atoms with E-state index in [1.165, 1.54) is 0 Å². The van der Waals surface area contributed by atoms with E-state index in [9.17, 15) is 9.90 Å². The average Bonchev–Trinajstić information content (AvgIpc) is 2.87. The van der Waals surface area contributed by atoms with E-state index in [4.69, 9.17) is 0 Å². The lowest BCUT2D eigenvalue weighted by Gasteiger charge is -2.18. The molecule has 0 aliphatic carbocycles. The van der Waals surface area contributed by atoms with Crippen LogP contribution in [0.15, 0.2) is 18.2 Å². The predicted molar refractivity (Wildman–Crippen MR) is 76.4 cm³/mol. The molecule has 1 amide bonds. The van der Waals surface area contributed by atoms with Crippen LogP contribution in [0.5, 0.6) is 0 Å². The van der Waals surface area contributed by atoms with Gasteiger partial charge in [-0.05, 0) is 44.0 Å². The molecule has 4 heteroatoms. The summed E-state index contributed by atoms with van der Waals surface area (Å²) in [7, 11) is 1.87. The highest BCUT2D eigenvalue weighted by molar-refractivity contribution is 5.95. The van der Waals surface area contributed by atoms with Crippen molar-refractivity contribution in [2.45, 2.75) is 26.4 Å². The summed E-state index contributed by atoms with van der Waals surface area (Å²) < 4.78 is 0. The molecule has 2 unspecified atom stereocenters. The number of hydrogen-bond donors (Lipinski definition) is 2. The van der Waals surface area contributed by atoms with Crippen LogP contribution in [0.25, 0.3) is 0 Å². The van der Waals surface area contributed by atoms with Crippen LogP contribution in [0, 0.1) is 12.8 Å². The highest BCUT2D eigenvalue weighted by Crippen LogP contribution is 2.23. The molecule has 0 spiro atoms. The monoisotopic (exact) mass is 262 g/mol. The minimum atomic E-state index is -0.341. The number of amides is 1. The zero-order valence-corrected chi connectivity index (χ0v) is 11.8. The molecule has 2 rings (SSSR count). The summed E-state index contributed by atoms with van der Waals surface area (Å²) in [6, 6.07) is 5.71. The Morgan fingerprint density at radius 3 is 2.79 bits per heavy atom. The van der Waals surface area contributed by atoms with Gasteiger partial charge in [-0.3, -0.25) is 4.79 Å². The lowest BCUT2D eigenvalue weighted by molar-refractivity contribution is 0.0762. The van der Waals surface area contributed by atoms with Crippen LogP contribution < -0.4 is 5.32 Å². The molecule has 1 aromatic carbocycles. The van der Waals surface area contributed by atoms with Gasteiger partial charge < -0.3 is 15.3 Å². The van der Waals surface area contributed by atoms with Gasteiger partial charge in [0.25, 0.3) is 5.91 Å². The average molecular weight is 262 g/mol. The fourth-order valence-corrected chi connectivity index (χ4v) is 2.63.